The van der Waals surface area contributed by atoms with Crippen LogP contribution < -0.4 is 0 Å². The fourth-order valence-electron chi connectivity index (χ4n) is 0.889. The summed E-state index contributed by atoms with van der Waals surface area (Å²) in [6, 6.07) is 0. The molecule has 0 spiro atoms. The quantitative estimate of drug-likeness (QED) is 0.369. The summed E-state index contributed by atoms with van der Waals surface area (Å²) < 4.78 is 14.2. The molecule has 0 aliphatic heterocycles. The summed E-state index contributed by atoms with van der Waals surface area (Å²) in [5.74, 6) is -3.58. The van der Waals surface area contributed by atoms with Crippen LogP contribution in [0.5, 0.6) is 0 Å². The summed E-state index contributed by atoms with van der Waals surface area (Å²) in [6.45, 7) is -2.16. The molecule has 0 atom stereocenters. The molecule has 0 bridgehead atoms. The van der Waals surface area contributed by atoms with Crippen LogP contribution in [0.3, 0.4) is 0 Å². The van der Waals surface area contributed by atoms with Gasteiger partial charge in [0.05, 0.1) is 13.2 Å². The van der Waals surface area contributed by atoms with Crippen molar-refractivity contribution in [1.82, 2.24) is 0 Å². The van der Waals surface area contributed by atoms with Crippen molar-refractivity contribution in [3.05, 3.63) is 0 Å². The molecule has 0 aliphatic rings. The second kappa shape index (κ2) is 12.3. The molecule has 0 amide bonds. The van der Waals surface area contributed by atoms with Gasteiger partial charge >= 0.3 is 47.5 Å². The fraction of sp³-hybridized carbons (Fsp3) is 0.667. The topological polar surface area (TPSA) is 140 Å². The summed E-state index contributed by atoms with van der Waals surface area (Å²) >= 11 is 0. The second-order valence-electron chi connectivity index (χ2n) is 3.14. The van der Waals surface area contributed by atoms with Gasteiger partial charge in [-0.2, -0.15) is 0 Å². The molecule has 0 fully saturated rings. The predicted molar refractivity (Wildman–Crippen MR) is 61.4 cm³/mol. The molecule has 0 aromatic rings. The van der Waals surface area contributed by atoms with Crippen molar-refractivity contribution < 1.29 is 43.9 Å². The second-order valence-corrected chi connectivity index (χ2v) is 3.14. The average Bonchev–Trinajstić information content (AvgIpc) is 2.24. The molecule has 19 heavy (non-hydrogen) atoms. The Hall–Kier alpha value is -0.710. The van der Waals surface area contributed by atoms with E-state index in [0.717, 1.165) is 0 Å². The Bertz CT molecular complexity index is 273. The van der Waals surface area contributed by atoms with E-state index in [-0.39, 0.29) is 42.8 Å². The number of hydrogen-bond donors (Lipinski definition) is 3. The zero-order valence-corrected chi connectivity index (χ0v) is 9.40. The molecule has 0 aromatic carbocycles. The number of aliphatic carboxylic acids is 3. The zero-order valence-electron chi connectivity index (χ0n) is 9.40. The minimum absolute atomic E-state index is 0. The zero-order chi connectivity index (χ0) is 14.0. The van der Waals surface area contributed by atoms with Crippen LogP contribution in [0.1, 0.15) is 0 Å². The monoisotopic (exact) mass is 290 g/mol. The first-order valence-corrected chi connectivity index (χ1v) is 4.84. The van der Waals surface area contributed by atoms with Gasteiger partial charge in [0.1, 0.15) is 25.9 Å². The predicted octanol–water partition coefficient (Wildman–Crippen LogP) is -1.99. The van der Waals surface area contributed by atoms with E-state index in [0.29, 0.717) is 0 Å². The Morgan fingerprint density at radius 1 is 0.789 bits per heavy atom. The molecule has 0 radical (unpaired) electrons. The van der Waals surface area contributed by atoms with E-state index < -0.39 is 43.8 Å². The molecule has 9 nitrogen and oxygen atoms in total. The van der Waals surface area contributed by atoms with Gasteiger partial charge in [0, 0.05) is 0 Å². The van der Waals surface area contributed by atoms with Gasteiger partial charge < -0.3 is 29.5 Å². The number of ether oxygens (including phenoxy) is 3. The number of hydrogen-bond acceptors (Lipinski definition) is 6. The van der Waals surface area contributed by atoms with Crippen LogP contribution in [0.2, 0.25) is 0 Å². The van der Waals surface area contributed by atoms with Crippen molar-refractivity contribution in [2.24, 2.45) is 0 Å². The normalized spacial score (nSPS) is 9.95. The van der Waals surface area contributed by atoms with Crippen molar-refractivity contribution in [1.29, 1.82) is 0 Å². The van der Waals surface area contributed by atoms with Crippen LogP contribution in [0.25, 0.3) is 0 Å². The van der Waals surface area contributed by atoms with E-state index >= 15 is 0 Å². The van der Waals surface area contributed by atoms with Gasteiger partial charge in [-0.05, 0) is 0 Å². The number of carboxylic acid groups (broad SMARTS) is 3. The van der Waals surface area contributed by atoms with Crippen molar-refractivity contribution in [2.45, 2.75) is 6.10 Å². The van der Waals surface area contributed by atoms with E-state index in [1.54, 1.807) is 0 Å². The number of carbonyl (C=O) groups is 3. The molecule has 0 rings (SSSR count). The summed E-state index contributed by atoms with van der Waals surface area (Å²) in [5.41, 5.74) is 0. The first-order valence-electron chi connectivity index (χ1n) is 4.84. The minimum atomic E-state index is -1.21. The van der Waals surface area contributed by atoms with Crippen LogP contribution >= 0.6 is 0 Å². The molecule has 0 aliphatic carbocycles. The Balaban J connectivity index is 0. The third-order valence-corrected chi connectivity index (χ3v) is 1.50. The molecule has 0 heterocycles. The molecular weight excluding hydrogens is 275 g/mol. The Labute approximate surface area is 130 Å². The van der Waals surface area contributed by atoms with Crippen LogP contribution in [0.15, 0.2) is 0 Å². The molecule has 106 valence electrons. The van der Waals surface area contributed by atoms with Crippen molar-refractivity contribution in [3.63, 3.8) is 0 Å². The first kappa shape index (κ1) is 20.6. The van der Waals surface area contributed by atoms with Crippen LogP contribution in [0.4, 0.5) is 0 Å². The summed E-state index contributed by atoms with van der Waals surface area (Å²) in [7, 11) is 0. The van der Waals surface area contributed by atoms with Crippen LogP contribution in [-0.2, 0) is 28.6 Å². The standard InChI is InChI=1S/C9H14O9.Na.H/c10-7(11)3-16-1-6(18-5-9(14)15)2-17-4-8(12)13;;/h6H,1-5H2,(H,10,11)(H,12,13)(H,14,15);;. The van der Waals surface area contributed by atoms with E-state index in [1.807, 2.05) is 0 Å². The molecule has 0 saturated heterocycles. The van der Waals surface area contributed by atoms with Crippen LogP contribution in [0, 0.1) is 0 Å². The van der Waals surface area contributed by atoms with E-state index in [4.69, 9.17) is 29.5 Å². The third kappa shape index (κ3) is 15.2. The maximum atomic E-state index is 10.3. The summed E-state index contributed by atoms with van der Waals surface area (Å²) in [5, 5.41) is 25.0. The summed E-state index contributed by atoms with van der Waals surface area (Å²) in [6.07, 6.45) is -0.847. The Morgan fingerprint density at radius 2 is 1.16 bits per heavy atom. The third-order valence-electron chi connectivity index (χ3n) is 1.50. The Morgan fingerprint density at radius 3 is 1.47 bits per heavy atom. The molecule has 0 aromatic heterocycles. The van der Waals surface area contributed by atoms with E-state index in [2.05, 4.69) is 0 Å². The molecule has 0 saturated carbocycles. The van der Waals surface area contributed by atoms with Gasteiger partial charge in [-0.15, -0.1) is 0 Å². The van der Waals surface area contributed by atoms with Gasteiger partial charge in [0.25, 0.3) is 0 Å². The number of rotatable bonds is 11. The van der Waals surface area contributed by atoms with Gasteiger partial charge in [0.2, 0.25) is 0 Å². The van der Waals surface area contributed by atoms with Crippen molar-refractivity contribution >= 4 is 47.5 Å². The maximum absolute atomic E-state index is 10.3. The summed E-state index contributed by atoms with van der Waals surface area (Å²) in [4.78, 5) is 30.6. The van der Waals surface area contributed by atoms with Crippen LogP contribution in [-0.4, -0.2) is 102 Å². The van der Waals surface area contributed by atoms with E-state index in [1.165, 1.54) is 0 Å². The number of carboxylic acids is 3. The van der Waals surface area contributed by atoms with E-state index in [9.17, 15) is 14.4 Å². The molecule has 0 unspecified atom stereocenters. The van der Waals surface area contributed by atoms with Crippen molar-refractivity contribution in [2.75, 3.05) is 33.0 Å². The van der Waals surface area contributed by atoms with Gasteiger partial charge in [0.15, 0.2) is 0 Å². The van der Waals surface area contributed by atoms with Gasteiger partial charge in [-0.25, -0.2) is 14.4 Å². The Kier molecular flexibility index (Phi) is 13.4. The van der Waals surface area contributed by atoms with Gasteiger partial charge in [-0.1, -0.05) is 0 Å². The first-order chi connectivity index (χ1) is 8.41. The molecular formula is C9H15NaO9. The van der Waals surface area contributed by atoms with Gasteiger partial charge in [-0.3, -0.25) is 0 Å². The van der Waals surface area contributed by atoms with Crippen molar-refractivity contribution in [3.8, 4) is 0 Å². The average molecular weight is 290 g/mol. The molecule has 3 N–H and O–H groups in total. The molecule has 10 heteroatoms. The SMILES string of the molecule is O=C(O)COCC(COCC(=O)O)OCC(=O)O.[NaH]. The fourth-order valence-corrected chi connectivity index (χ4v) is 0.889.